The van der Waals surface area contributed by atoms with E-state index in [4.69, 9.17) is 0 Å². The molecule has 0 radical (unpaired) electrons. The highest BCUT2D eigenvalue weighted by Gasteiger charge is 2.14. The van der Waals surface area contributed by atoms with Gasteiger partial charge in [0.25, 0.3) is 0 Å². The minimum absolute atomic E-state index is 0.205. The van der Waals surface area contributed by atoms with Gasteiger partial charge < -0.3 is 14.8 Å². The maximum Gasteiger partial charge on any atom is 0.126 e. The van der Waals surface area contributed by atoms with E-state index >= 15 is 0 Å². The van der Waals surface area contributed by atoms with Crippen LogP contribution >= 0.6 is 0 Å². The summed E-state index contributed by atoms with van der Waals surface area (Å²) in [4.78, 5) is 4.52. The van der Waals surface area contributed by atoms with Gasteiger partial charge >= 0.3 is 0 Å². The molecule has 0 bridgehead atoms. The number of aryl methyl sites for hydroxylation is 1. The second-order valence-corrected chi connectivity index (χ2v) is 5.82. The van der Waals surface area contributed by atoms with Crippen molar-refractivity contribution in [2.75, 3.05) is 0 Å². The summed E-state index contributed by atoms with van der Waals surface area (Å²) in [7, 11) is 0. The molecule has 1 heterocycles. The summed E-state index contributed by atoms with van der Waals surface area (Å²) in [5.74, 6) is 1.30. The Morgan fingerprint density at radius 2 is 1.57 bits per heavy atom. The van der Waals surface area contributed by atoms with E-state index in [-0.39, 0.29) is 11.5 Å². The molecule has 0 saturated carbocycles. The van der Waals surface area contributed by atoms with Crippen molar-refractivity contribution in [1.29, 1.82) is 0 Å². The first-order valence-corrected chi connectivity index (χ1v) is 7.55. The fourth-order valence-corrected chi connectivity index (χ4v) is 2.85. The lowest BCUT2D eigenvalue weighted by Crippen LogP contribution is -1.93. The Morgan fingerprint density at radius 1 is 0.913 bits per heavy atom. The number of hydrogen-bond acceptors (Lipinski definition) is 3. The number of hydrogen-bond donors (Lipinski definition) is 2. The van der Waals surface area contributed by atoms with Gasteiger partial charge in [-0.1, -0.05) is 12.1 Å². The van der Waals surface area contributed by atoms with Crippen LogP contribution in [-0.2, 0) is 0 Å². The Kier molecular flexibility index (Phi) is 3.60. The number of nitrogens with zero attached hydrogens (tertiary/aromatic N) is 2. The number of aromatic hydroxyl groups is 2. The quantitative estimate of drug-likeness (QED) is 0.694. The predicted octanol–water partition coefficient (Wildman–Crippen LogP) is 4.31. The van der Waals surface area contributed by atoms with Crippen molar-refractivity contribution in [2.45, 2.75) is 27.7 Å². The van der Waals surface area contributed by atoms with E-state index in [1.807, 2.05) is 48.0 Å². The summed E-state index contributed by atoms with van der Waals surface area (Å²) in [6.45, 7) is 7.35. The Labute approximate surface area is 135 Å². The molecule has 3 aromatic rings. The Balaban J connectivity index is 2.15. The van der Waals surface area contributed by atoms with E-state index < -0.39 is 0 Å². The lowest BCUT2D eigenvalue weighted by molar-refractivity contribution is 0.448. The number of rotatable bonds is 2. The molecule has 0 saturated heterocycles. The van der Waals surface area contributed by atoms with Crippen molar-refractivity contribution in [3.8, 4) is 11.5 Å². The van der Waals surface area contributed by atoms with Gasteiger partial charge in [-0.05, 0) is 57.0 Å². The first-order chi connectivity index (χ1) is 10.9. The molecule has 118 valence electrons. The molecule has 0 amide bonds. The van der Waals surface area contributed by atoms with Crippen LogP contribution in [0.1, 0.15) is 28.1 Å². The number of imidazole rings is 1. The molecule has 2 N–H and O–H groups in total. The molecule has 0 fully saturated rings. The molecule has 1 aromatic heterocycles. The lowest BCUT2D eigenvalue weighted by Gasteiger charge is -2.13. The molecule has 0 aliphatic heterocycles. The Morgan fingerprint density at radius 3 is 2.30 bits per heavy atom. The molecule has 0 aliphatic carbocycles. The number of phenolic OH excluding ortho intramolecular Hbond substituents is 2. The van der Waals surface area contributed by atoms with E-state index in [1.54, 1.807) is 20.8 Å². The second kappa shape index (κ2) is 5.47. The molecule has 0 atom stereocenters. The topological polar surface area (TPSA) is 58.3 Å². The predicted molar refractivity (Wildman–Crippen MR) is 93.7 cm³/mol. The fraction of sp³-hybridized carbons (Fsp3) is 0.211. The molecule has 4 heteroatoms. The van der Waals surface area contributed by atoms with Gasteiger partial charge in [-0.2, -0.15) is 0 Å². The van der Waals surface area contributed by atoms with Crippen molar-refractivity contribution in [3.63, 3.8) is 0 Å². The van der Waals surface area contributed by atoms with Crippen LogP contribution < -0.4 is 0 Å². The number of benzene rings is 2. The highest BCUT2D eigenvalue weighted by atomic mass is 16.3. The third-order valence-corrected chi connectivity index (χ3v) is 4.45. The normalized spacial score (nSPS) is 11.7. The zero-order chi connectivity index (χ0) is 16.7. The SMILES string of the molecule is Cc1c(C)c(O)c(/C=C/n2c(C)nc3ccccc32)c(C)c1O. The molecule has 0 spiro atoms. The van der Waals surface area contributed by atoms with Gasteiger partial charge in [0.1, 0.15) is 17.3 Å². The van der Waals surface area contributed by atoms with Gasteiger partial charge in [0.05, 0.1) is 11.0 Å². The maximum atomic E-state index is 10.4. The molecule has 0 aliphatic rings. The second-order valence-electron chi connectivity index (χ2n) is 5.82. The van der Waals surface area contributed by atoms with E-state index in [0.717, 1.165) is 16.9 Å². The van der Waals surface area contributed by atoms with Crippen LogP contribution in [0.25, 0.3) is 23.3 Å². The van der Waals surface area contributed by atoms with E-state index in [0.29, 0.717) is 22.3 Å². The summed E-state index contributed by atoms with van der Waals surface area (Å²) in [5.41, 5.74) is 4.64. The van der Waals surface area contributed by atoms with Gasteiger partial charge in [-0.3, -0.25) is 0 Å². The highest BCUT2D eigenvalue weighted by Crippen LogP contribution is 2.37. The Hall–Kier alpha value is -2.75. The first-order valence-electron chi connectivity index (χ1n) is 7.55. The highest BCUT2D eigenvalue weighted by molar-refractivity contribution is 5.81. The van der Waals surface area contributed by atoms with Gasteiger partial charge in [-0.15, -0.1) is 0 Å². The Bertz CT molecular complexity index is 907. The molecule has 0 unspecified atom stereocenters. The molecule has 3 rings (SSSR count). The van der Waals surface area contributed by atoms with Crippen molar-refractivity contribution < 1.29 is 10.2 Å². The van der Waals surface area contributed by atoms with Crippen LogP contribution in [0.3, 0.4) is 0 Å². The summed E-state index contributed by atoms with van der Waals surface area (Å²) in [6, 6.07) is 7.90. The third-order valence-electron chi connectivity index (χ3n) is 4.45. The number of para-hydroxylation sites is 2. The largest absolute Gasteiger partial charge is 0.507 e. The summed E-state index contributed by atoms with van der Waals surface area (Å²) in [5, 5.41) is 20.6. The van der Waals surface area contributed by atoms with Gasteiger partial charge in [0.15, 0.2) is 0 Å². The van der Waals surface area contributed by atoms with Crippen LogP contribution in [0.15, 0.2) is 24.3 Å². The molecule has 4 nitrogen and oxygen atoms in total. The minimum Gasteiger partial charge on any atom is -0.507 e. The van der Waals surface area contributed by atoms with Gasteiger partial charge in [-0.25, -0.2) is 4.98 Å². The average Bonchev–Trinajstić information content (AvgIpc) is 2.87. The van der Waals surface area contributed by atoms with Crippen LogP contribution in [0, 0.1) is 27.7 Å². The van der Waals surface area contributed by atoms with Gasteiger partial charge in [0.2, 0.25) is 0 Å². The molecular weight excluding hydrogens is 288 g/mol. The zero-order valence-electron chi connectivity index (χ0n) is 13.8. The van der Waals surface area contributed by atoms with Crippen LogP contribution in [0.4, 0.5) is 0 Å². The maximum absolute atomic E-state index is 10.4. The number of fused-ring (bicyclic) bond motifs is 1. The summed E-state index contributed by atoms with van der Waals surface area (Å²) < 4.78 is 1.97. The van der Waals surface area contributed by atoms with E-state index in [1.165, 1.54) is 0 Å². The van der Waals surface area contributed by atoms with Crippen molar-refractivity contribution in [2.24, 2.45) is 0 Å². The average molecular weight is 308 g/mol. The van der Waals surface area contributed by atoms with Gasteiger partial charge in [0, 0.05) is 17.3 Å². The van der Waals surface area contributed by atoms with Crippen LogP contribution in [0.5, 0.6) is 11.5 Å². The van der Waals surface area contributed by atoms with Crippen molar-refractivity contribution >= 4 is 23.3 Å². The molecule has 2 aromatic carbocycles. The van der Waals surface area contributed by atoms with Crippen LogP contribution in [0.2, 0.25) is 0 Å². The minimum atomic E-state index is 0.205. The van der Waals surface area contributed by atoms with E-state index in [2.05, 4.69) is 4.98 Å². The van der Waals surface area contributed by atoms with Crippen LogP contribution in [-0.4, -0.2) is 19.8 Å². The van der Waals surface area contributed by atoms with E-state index in [9.17, 15) is 10.2 Å². The van der Waals surface area contributed by atoms with Crippen molar-refractivity contribution in [1.82, 2.24) is 9.55 Å². The smallest absolute Gasteiger partial charge is 0.126 e. The summed E-state index contributed by atoms with van der Waals surface area (Å²) >= 11 is 0. The molecular formula is C19H20N2O2. The number of aromatic nitrogens is 2. The third kappa shape index (κ3) is 2.36. The van der Waals surface area contributed by atoms with Crippen molar-refractivity contribution in [3.05, 3.63) is 52.3 Å². The lowest BCUT2D eigenvalue weighted by atomic mass is 9.97. The molecule has 23 heavy (non-hydrogen) atoms. The monoisotopic (exact) mass is 308 g/mol. The summed E-state index contributed by atoms with van der Waals surface area (Å²) in [6.07, 6.45) is 3.69. The fourth-order valence-electron chi connectivity index (χ4n) is 2.85. The standard InChI is InChI=1S/C19H20N2O2/c1-11-12(2)19(23)15(13(3)18(11)22)9-10-21-14(4)20-16-7-5-6-8-17(16)21/h5-10,22-23H,1-4H3/b10-9+. The zero-order valence-corrected chi connectivity index (χ0v) is 13.8. The number of phenols is 2. The first kappa shape index (κ1) is 15.2.